The molecule has 0 fully saturated rings. The number of carbonyl (C=O) groups is 2. The zero-order chi connectivity index (χ0) is 13.2. The van der Waals surface area contributed by atoms with Crippen LogP contribution in [0.3, 0.4) is 0 Å². The van der Waals surface area contributed by atoms with Gasteiger partial charge in [0.15, 0.2) is 0 Å². The Morgan fingerprint density at radius 1 is 1.35 bits per heavy atom. The van der Waals surface area contributed by atoms with Crippen molar-refractivity contribution in [3.63, 3.8) is 0 Å². The van der Waals surface area contributed by atoms with Gasteiger partial charge in [0.05, 0.1) is 11.0 Å². The number of aromatic nitrogens is 1. The molecule has 0 saturated carbocycles. The molecular weight excluding hydrogens is 222 g/mol. The van der Waals surface area contributed by atoms with E-state index in [1.54, 1.807) is 29.9 Å². The van der Waals surface area contributed by atoms with Gasteiger partial charge in [-0.2, -0.15) is 0 Å². The Morgan fingerprint density at radius 2 is 1.94 bits per heavy atom. The maximum Gasteiger partial charge on any atom is 0.332 e. The van der Waals surface area contributed by atoms with Crippen LogP contribution >= 0.6 is 0 Å². The van der Waals surface area contributed by atoms with E-state index in [1.807, 2.05) is 0 Å². The van der Waals surface area contributed by atoms with E-state index >= 15 is 0 Å². The Kier molecular flexibility index (Phi) is 3.41. The van der Waals surface area contributed by atoms with Crippen molar-refractivity contribution in [2.75, 3.05) is 0 Å². The second-order valence-corrected chi connectivity index (χ2v) is 4.34. The third kappa shape index (κ3) is 2.55. The largest absolute Gasteiger partial charge is 0.481 e. The van der Waals surface area contributed by atoms with E-state index in [0.717, 1.165) is 0 Å². The normalized spacial score (nSPS) is 12.5. The van der Waals surface area contributed by atoms with E-state index in [9.17, 15) is 9.59 Å². The summed E-state index contributed by atoms with van der Waals surface area (Å²) < 4.78 is 1.72. The molecule has 2 N–H and O–H groups in total. The highest BCUT2D eigenvalue weighted by atomic mass is 16.4. The highest BCUT2D eigenvalue weighted by molar-refractivity contribution is 6.00. The Balaban J connectivity index is 3.29. The molecule has 0 radical (unpaired) electrons. The molecule has 0 aromatic carbocycles. The van der Waals surface area contributed by atoms with Crippen molar-refractivity contribution in [1.82, 2.24) is 4.57 Å². The monoisotopic (exact) mass is 237 g/mol. The molecule has 0 aliphatic carbocycles. The van der Waals surface area contributed by atoms with Crippen molar-refractivity contribution in [2.24, 2.45) is 12.5 Å². The summed E-state index contributed by atoms with van der Waals surface area (Å²) in [7, 11) is 1.76. The van der Waals surface area contributed by atoms with Crippen molar-refractivity contribution in [3.05, 3.63) is 29.6 Å². The number of carboxylic acids is 2. The van der Waals surface area contributed by atoms with Crippen molar-refractivity contribution < 1.29 is 19.8 Å². The van der Waals surface area contributed by atoms with E-state index in [4.69, 9.17) is 10.2 Å². The van der Waals surface area contributed by atoms with Crippen LogP contribution in [0.2, 0.25) is 0 Å². The fraction of sp³-hybridized carbons (Fsp3) is 0.333. The molecule has 17 heavy (non-hydrogen) atoms. The molecule has 1 heterocycles. The van der Waals surface area contributed by atoms with Gasteiger partial charge >= 0.3 is 11.9 Å². The number of carboxylic acid groups (broad SMARTS) is 2. The maximum atomic E-state index is 11.1. The van der Waals surface area contributed by atoms with Gasteiger partial charge in [-0.3, -0.25) is 4.79 Å². The van der Waals surface area contributed by atoms with Crippen LogP contribution in [0.1, 0.15) is 19.5 Å². The minimum absolute atomic E-state index is 0.146. The molecule has 0 atom stereocenters. The van der Waals surface area contributed by atoms with Gasteiger partial charge in [0.25, 0.3) is 0 Å². The first-order valence-electron chi connectivity index (χ1n) is 5.07. The molecule has 0 spiro atoms. The van der Waals surface area contributed by atoms with Crippen LogP contribution < -0.4 is 0 Å². The summed E-state index contributed by atoms with van der Waals surface area (Å²) in [5.41, 5.74) is -0.931. The van der Waals surface area contributed by atoms with Gasteiger partial charge in [0, 0.05) is 18.9 Å². The third-order valence-corrected chi connectivity index (χ3v) is 2.71. The summed E-state index contributed by atoms with van der Waals surface area (Å²) in [5, 5.41) is 18.2. The van der Waals surface area contributed by atoms with E-state index in [-0.39, 0.29) is 5.57 Å². The van der Waals surface area contributed by atoms with Crippen molar-refractivity contribution in [1.29, 1.82) is 0 Å². The molecular formula is C12H15NO4. The highest BCUT2D eigenvalue weighted by Crippen LogP contribution is 2.28. The number of hydrogen-bond donors (Lipinski definition) is 2. The molecule has 0 unspecified atom stereocenters. The van der Waals surface area contributed by atoms with Gasteiger partial charge in [0.1, 0.15) is 0 Å². The van der Waals surface area contributed by atoms with E-state index in [1.165, 1.54) is 19.9 Å². The van der Waals surface area contributed by atoms with Crippen LogP contribution in [0.15, 0.2) is 23.9 Å². The summed E-state index contributed by atoms with van der Waals surface area (Å²) >= 11 is 0. The van der Waals surface area contributed by atoms with Crippen LogP contribution in [0, 0.1) is 5.41 Å². The Labute approximate surface area is 99.0 Å². The van der Waals surface area contributed by atoms with E-state index in [0.29, 0.717) is 5.69 Å². The second-order valence-electron chi connectivity index (χ2n) is 4.34. The second kappa shape index (κ2) is 4.45. The lowest BCUT2D eigenvalue weighted by molar-refractivity contribution is -0.148. The zero-order valence-electron chi connectivity index (χ0n) is 9.97. The topological polar surface area (TPSA) is 79.5 Å². The lowest BCUT2D eigenvalue weighted by Crippen LogP contribution is -2.30. The van der Waals surface area contributed by atoms with E-state index < -0.39 is 17.4 Å². The average Bonchev–Trinajstić information content (AvgIpc) is 2.59. The van der Waals surface area contributed by atoms with Gasteiger partial charge in [-0.05, 0) is 32.1 Å². The van der Waals surface area contributed by atoms with Crippen molar-refractivity contribution >= 4 is 18.0 Å². The number of aliphatic carboxylic acids is 2. The van der Waals surface area contributed by atoms with Gasteiger partial charge in [-0.1, -0.05) is 0 Å². The molecule has 0 bridgehead atoms. The Morgan fingerprint density at radius 3 is 2.29 bits per heavy atom. The first-order chi connectivity index (χ1) is 7.76. The molecule has 5 nitrogen and oxygen atoms in total. The predicted molar refractivity (Wildman–Crippen MR) is 62.4 cm³/mol. The van der Waals surface area contributed by atoms with Crippen LogP contribution in [0.25, 0.3) is 6.08 Å². The number of rotatable bonds is 4. The fourth-order valence-electron chi connectivity index (χ4n) is 1.40. The van der Waals surface area contributed by atoms with Gasteiger partial charge in [0.2, 0.25) is 0 Å². The lowest BCUT2D eigenvalue weighted by Gasteiger charge is -2.20. The molecule has 0 amide bonds. The van der Waals surface area contributed by atoms with Crippen molar-refractivity contribution in [3.8, 4) is 0 Å². The minimum Gasteiger partial charge on any atom is -0.481 e. The number of aryl methyl sites for hydroxylation is 1. The number of hydrogen-bond acceptors (Lipinski definition) is 2. The SMILES string of the molecule is Cn1cccc1/C=C(/C(=O)O)C(C)(C)C(=O)O. The highest BCUT2D eigenvalue weighted by Gasteiger charge is 2.36. The molecule has 0 aliphatic heterocycles. The van der Waals surface area contributed by atoms with Gasteiger partial charge in [-0.25, -0.2) is 4.79 Å². The van der Waals surface area contributed by atoms with Gasteiger partial charge < -0.3 is 14.8 Å². The van der Waals surface area contributed by atoms with Crippen LogP contribution in [0.4, 0.5) is 0 Å². The van der Waals surface area contributed by atoms with Gasteiger partial charge in [-0.15, -0.1) is 0 Å². The summed E-state index contributed by atoms with van der Waals surface area (Å²) in [6.07, 6.45) is 3.15. The van der Waals surface area contributed by atoms with Crippen LogP contribution in [0.5, 0.6) is 0 Å². The smallest absolute Gasteiger partial charge is 0.332 e. The molecule has 0 saturated heterocycles. The minimum atomic E-state index is -1.43. The fourth-order valence-corrected chi connectivity index (χ4v) is 1.40. The summed E-state index contributed by atoms with van der Waals surface area (Å²) in [5.74, 6) is -2.39. The van der Waals surface area contributed by atoms with E-state index in [2.05, 4.69) is 0 Å². The van der Waals surface area contributed by atoms with Crippen LogP contribution in [-0.4, -0.2) is 26.7 Å². The first kappa shape index (κ1) is 13.0. The standard InChI is InChI=1S/C12H15NO4/c1-12(2,11(16)17)9(10(14)15)7-8-5-4-6-13(8)3/h4-7H,1-3H3,(H,14,15)(H,16,17)/b9-7-. The summed E-state index contributed by atoms with van der Waals surface area (Å²) in [4.78, 5) is 22.2. The van der Waals surface area contributed by atoms with Crippen LogP contribution in [-0.2, 0) is 16.6 Å². The summed E-state index contributed by atoms with van der Waals surface area (Å²) in [6, 6.07) is 3.49. The molecule has 5 heteroatoms. The molecule has 1 aromatic rings. The van der Waals surface area contributed by atoms with Crippen molar-refractivity contribution in [2.45, 2.75) is 13.8 Å². The number of nitrogens with zero attached hydrogens (tertiary/aromatic N) is 1. The quantitative estimate of drug-likeness (QED) is 0.779. The Hall–Kier alpha value is -2.04. The zero-order valence-corrected chi connectivity index (χ0v) is 9.97. The Bertz CT molecular complexity index is 482. The molecule has 0 aliphatic rings. The maximum absolute atomic E-state index is 11.1. The summed E-state index contributed by atoms with van der Waals surface area (Å²) in [6.45, 7) is 2.75. The third-order valence-electron chi connectivity index (χ3n) is 2.71. The first-order valence-corrected chi connectivity index (χ1v) is 5.07. The lowest BCUT2D eigenvalue weighted by atomic mass is 9.83. The molecule has 92 valence electrons. The average molecular weight is 237 g/mol. The predicted octanol–water partition coefficient (Wildman–Crippen LogP) is 1.60. The molecule has 1 rings (SSSR count). The molecule has 1 aromatic heterocycles.